The molecule has 1 fully saturated rings. The molecule has 19 heavy (non-hydrogen) atoms. The lowest BCUT2D eigenvalue weighted by atomic mass is 10.3. The van der Waals surface area contributed by atoms with Crippen LogP contribution in [0.15, 0.2) is 21.5 Å². The maximum absolute atomic E-state index is 13.8. The molecule has 3 nitrogen and oxygen atoms in total. The third-order valence-corrected chi connectivity index (χ3v) is 6.31. The van der Waals surface area contributed by atoms with Gasteiger partial charge in [0.05, 0.1) is 0 Å². The Hall–Kier alpha value is -0.530. The second kappa shape index (κ2) is 5.46. The van der Waals surface area contributed by atoms with Gasteiger partial charge < -0.3 is 0 Å². The number of benzene rings is 1. The van der Waals surface area contributed by atoms with Gasteiger partial charge in [0.2, 0.25) is 10.0 Å². The highest BCUT2D eigenvalue weighted by atomic mass is 79.9. The number of hydrogen-bond acceptors (Lipinski definition) is 2. The van der Waals surface area contributed by atoms with Crippen LogP contribution in [-0.4, -0.2) is 25.8 Å². The van der Waals surface area contributed by atoms with E-state index < -0.39 is 26.6 Å². The van der Waals surface area contributed by atoms with Crippen molar-refractivity contribution in [1.29, 1.82) is 0 Å². The number of sulfonamides is 1. The predicted octanol–water partition coefficient (Wildman–Crippen LogP) is 3.29. The van der Waals surface area contributed by atoms with E-state index in [2.05, 4.69) is 15.9 Å². The molecule has 106 valence electrons. The van der Waals surface area contributed by atoms with Gasteiger partial charge in [-0.3, -0.25) is 0 Å². The Bertz CT molecular complexity index is 562. The monoisotopic (exact) mass is 353 g/mol. The van der Waals surface area contributed by atoms with Crippen LogP contribution in [0.3, 0.4) is 0 Å². The molecule has 0 atom stereocenters. The van der Waals surface area contributed by atoms with Gasteiger partial charge in [-0.05, 0) is 34.8 Å². The molecule has 0 unspecified atom stereocenters. The lowest BCUT2D eigenvalue weighted by Gasteiger charge is -2.24. The predicted molar refractivity (Wildman–Crippen MR) is 71.3 cm³/mol. The molecule has 0 bridgehead atoms. The molecule has 7 heteroatoms. The standard InChI is InChI=1S/C12H14BrF2NO2S/c1-16(9-4-2-3-5-9)19(17,18)12-10(13)6-8(14)7-11(12)15/h6-7,9H,2-5H2,1H3. The van der Waals surface area contributed by atoms with Gasteiger partial charge >= 0.3 is 0 Å². The molecule has 1 aliphatic carbocycles. The van der Waals surface area contributed by atoms with E-state index in [1.165, 1.54) is 11.4 Å². The molecule has 0 saturated heterocycles. The summed E-state index contributed by atoms with van der Waals surface area (Å²) in [7, 11) is -2.51. The molecule has 0 radical (unpaired) electrons. The van der Waals surface area contributed by atoms with Crippen molar-refractivity contribution in [2.45, 2.75) is 36.6 Å². The topological polar surface area (TPSA) is 37.4 Å². The van der Waals surface area contributed by atoms with Gasteiger partial charge in [-0.2, -0.15) is 4.31 Å². The van der Waals surface area contributed by atoms with Crippen LogP contribution in [0, 0.1) is 11.6 Å². The Morgan fingerprint density at radius 3 is 2.37 bits per heavy atom. The van der Waals surface area contributed by atoms with Crippen molar-refractivity contribution < 1.29 is 17.2 Å². The molecule has 0 aromatic heterocycles. The first-order chi connectivity index (χ1) is 8.84. The van der Waals surface area contributed by atoms with Gasteiger partial charge in [-0.25, -0.2) is 17.2 Å². The van der Waals surface area contributed by atoms with Crippen LogP contribution < -0.4 is 0 Å². The first kappa shape index (κ1) is 14.9. The summed E-state index contributed by atoms with van der Waals surface area (Å²) in [6.07, 6.45) is 3.49. The Morgan fingerprint density at radius 2 is 1.84 bits per heavy atom. The van der Waals surface area contributed by atoms with E-state index in [9.17, 15) is 17.2 Å². The molecule has 1 aromatic rings. The van der Waals surface area contributed by atoms with Gasteiger partial charge in [0, 0.05) is 23.6 Å². The molecular formula is C12H14BrF2NO2S. The van der Waals surface area contributed by atoms with Crippen LogP contribution in [0.2, 0.25) is 0 Å². The third-order valence-electron chi connectivity index (χ3n) is 3.44. The van der Waals surface area contributed by atoms with Crippen LogP contribution in [0.5, 0.6) is 0 Å². The van der Waals surface area contributed by atoms with E-state index >= 15 is 0 Å². The van der Waals surface area contributed by atoms with Gasteiger partial charge in [0.15, 0.2) is 0 Å². The summed E-state index contributed by atoms with van der Waals surface area (Å²) in [6, 6.07) is 1.43. The molecule has 2 rings (SSSR count). The van der Waals surface area contributed by atoms with E-state index in [1.54, 1.807) is 0 Å². The average Bonchev–Trinajstić information content (AvgIpc) is 2.78. The minimum Gasteiger partial charge on any atom is -0.207 e. The Labute approximate surface area is 119 Å². The van der Waals surface area contributed by atoms with Gasteiger partial charge in [-0.1, -0.05) is 12.8 Å². The largest absolute Gasteiger partial charge is 0.247 e. The quantitative estimate of drug-likeness (QED) is 0.835. The zero-order valence-electron chi connectivity index (χ0n) is 10.4. The van der Waals surface area contributed by atoms with Crippen molar-refractivity contribution in [3.8, 4) is 0 Å². The van der Waals surface area contributed by atoms with Crippen molar-refractivity contribution in [3.05, 3.63) is 28.2 Å². The lowest BCUT2D eigenvalue weighted by Crippen LogP contribution is -2.35. The van der Waals surface area contributed by atoms with E-state index in [-0.39, 0.29) is 10.5 Å². The van der Waals surface area contributed by atoms with Gasteiger partial charge in [0.1, 0.15) is 16.5 Å². The molecule has 0 N–H and O–H groups in total. The highest BCUT2D eigenvalue weighted by Gasteiger charge is 2.33. The fourth-order valence-corrected chi connectivity index (χ4v) is 4.91. The molecule has 0 amide bonds. The van der Waals surface area contributed by atoms with Crippen molar-refractivity contribution in [2.75, 3.05) is 7.05 Å². The van der Waals surface area contributed by atoms with Crippen LogP contribution in [0.4, 0.5) is 8.78 Å². The summed E-state index contributed by atoms with van der Waals surface area (Å²) < 4.78 is 52.7. The summed E-state index contributed by atoms with van der Waals surface area (Å²) in [4.78, 5) is -0.497. The molecule has 0 spiro atoms. The Kier molecular flexibility index (Phi) is 4.27. The van der Waals surface area contributed by atoms with E-state index in [1.807, 2.05) is 0 Å². The summed E-state index contributed by atoms with van der Waals surface area (Å²) in [5, 5.41) is 0. The van der Waals surface area contributed by atoms with Crippen molar-refractivity contribution in [1.82, 2.24) is 4.31 Å². The number of halogens is 3. The molecular weight excluding hydrogens is 340 g/mol. The smallest absolute Gasteiger partial charge is 0.207 e. The van der Waals surface area contributed by atoms with E-state index in [0.717, 1.165) is 31.7 Å². The van der Waals surface area contributed by atoms with Gasteiger partial charge in [-0.15, -0.1) is 0 Å². The zero-order valence-corrected chi connectivity index (χ0v) is 12.8. The van der Waals surface area contributed by atoms with Crippen molar-refractivity contribution >= 4 is 26.0 Å². The van der Waals surface area contributed by atoms with E-state index in [0.29, 0.717) is 6.07 Å². The Morgan fingerprint density at radius 1 is 1.26 bits per heavy atom. The molecule has 1 aromatic carbocycles. The first-order valence-electron chi connectivity index (χ1n) is 5.96. The van der Waals surface area contributed by atoms with Crippen molar-refractivity contribution in [3.63, 3.8) is 0 Å². The number of hydrogen-bond donors (Lipinski definition) is 0. The minimum atomic E-state index is -3.96. The highest BCUT2D eigenvalue weighted by molar-refractivity contribution is 9.10. The summed E-state index contributed by atoms with van der Waals surface area (Å²) in [6.45, 7) is 0. The SMILES string of the molecule is CN(C1CCCC1)S(=O)(=O)c1c(F)cc(F)cc1Br. The highest BCUT2D eigenvalue weighted by Crippen LogP contribution is 2.32. The van der Waals surface area contributed by atoms with Crippen molar-refractivity contribution in [2.24, 2.45) is 0 Å². The number of nitrogens with zero attached hydrogens (tertiary/aromatic N) is 1. The minimum absolute atomic E-state index is 0.0881. The summed E-state index contributed by atoms with van der Waals surface area (Å²) >= 11 is 2.92. The third kappa shape index (κ3) is 2.83. The summed E-state index contributed by atoms with van der Waals surface area (Å²) in [5.74, 6) is -1.89. The molecule has 0 heterocycles. The molecule has 0 aliphatic heterocycles. The number of rotatable bonds is 3. The fraction of sp³-hybridized carbons (Fsp3) is 0.500. The van der Waals surface area contributed by atoms with Crippen LogP contribution >= 0.6 is 15.9 Å². The second-order valence-electron chi connectivity index (χ2n) is 4.66. The second-order valence-corrected chi connectivity index (χ2v) is 7.45. The normalized spacial score (nSPS) is 17.3. The first-order valence-corrected chi connectivity index (χ1v) is 8.20. The van der Waals surface area contributed by atoms with Gasteiger partial charge in [0.25, 0.3) is 0 Å². The summed E-state index contributed by atoms with van der Waals surface area (Å²) in [5.41, 5.74) is 0. The molecule has 1 saturated carbocycles. The fourth-order valence-electron chi connectivity index (χ4n) is 2.38. The van der Waals surface area contributed by atoms with Crippen LogP contribution in [0.1, 0.15) is 25.7 Å². The molecule has 1 aliphatic rings. The van der Waals surface area contributed by atoms with E-state index in [4.69, 9.17) is 0 Å². The maximum atomic E-state index is 13.8. The zero-order chi connectivity index (χ0) is 14.2. The van der Waals surface area contributed by atoms with Crippen LogP contribution in [0.25, 0.3) is 0 Å². The lowest BCUT2D eigenvalue weighted by molar-refractivity contribution is 0.370. The average molecular weight is 354 g/mol. The Balaban J connectivity index is 2.44. The van der Waals surface area contributed by atoms with Crippen LogP contribution in [-0.2, 0) is 10.0 Å². The maximum Gasteiger partial charge on any atom is 0.247 e.